The lowest BCUT2D eigenvalue weighted by atomic mass is 9.98. The van der Waals surface area contributed by atoms with Crippen LogP contribution in [0.5, 0.6) is 5.88 Å². The van der Waals surface area contributed by atoms with E-state index in [0.717, 1.165) is 16.7 Å². The summed E-state index contributed by atoms with van der Waals surface area (Å²) in [5.41, 5.74) is 4.25. The van der Waals surface area contributed by atoms with Crippen molar-refractivity contribution in [1.82, 2.24) is 14.8 Å². The van der Waals surface area contributed by atoms with Gasteiger partial charge in [0.15, 0.2) is 0 Å². The summed E-state index contributed by atoms with van der Waals surface area (Å²) in [6, 6.07) is 16.4. The van der Waals surface area contributed by atoms with Crippen molar-refractivity contribution in [1.29, 1.82) is 0 Å². The first-order valence-corrected chi connectivity index (χ1v) is 12.8. The van der Waals surface area contributed by atoms with E-state index in [9.17, 15) is 19.8 Å². The second kappa shape index (κ2) is 11.8. The Kier molecular flexibility index (Phi) is 8.44. The predicted octanol–water partition coefficient (Wildman–Crippen LogP) is 4.11. The van der Waals surface area contributed by atoms with Crippen LogP contribution < -0.4 is 4.74 Å². The number of pyridine rings is 1. The minimum Gasteiger partial charge on any atom is -0.478 e. The Hall–Kier alpha value is -3.75. The number of rotatable bonds is 8. The molecule has 4 rings (SSSR count). The molecule has 38 heavy (non-hydrogen) atoms. The Morgan fingerprint density at radius 1 is 1.18 bits per heavy atom. The van der Waals surface area contributed by atoms with Crippen LogP contribution in [0.25, 0.3) is 11.1 Å². The molecule has 3 atom stereocenters. The Labute approximate surface area is 223 Å². The molecule has 8 nitrogen and oxygen atoms in total. The zero-order valence-corrected chi connectivity index (χ0v) is 22.3. The van der Waals surface area contributed by atoms with Gasteiger partial charge in [-0.05, 0) is 44.2 Å². The molecule has 3 aromatic rings. The SMILES string of the molecule is Cc1ccc(-c2cnc3c(c2)C(=O)N([C@H](C)CO)C[C@@H](C)[C@H](CN(C)Cc2ccccc2C(=O)O)O3)cc1. The number of carboxylic acid groups (broad SMARTS) is 1. The van der Waals surface area contributed by atoms with Crippen LogP contribution in [0.15, 0.2) is 60.8 Å². The van der Waals surface area contributed by atoms with E-state index in [1.54, 1.807) is 23.2 Å². The predicted molar refractivity (Wildman–Crippen MR) is 145 cm³/mol. The Morgan fingerprint density at radius 2 is 1.89 bits per heavy atom. The maximum Gasteiger partial charge on any atom is 0.336 e. The molecule has 0 bridgehead atoms. The van der Waals surface area contributed by atoms with E-state index in [-0.39, 0.29) is 42.0 Å². The van der Waals surface area contributed by atoms with E-state index in [4.69, 9.17) is 4.74 Å². The molecule has 2 N–H and O–H groups in total. The van der Waals surface area contributed by atoms with Crippen LogP contribution in [0.2, 0.25) is 0 Å². The normalized spacial score (nSPS) is 18.4. The summed E-state index contributed by atoms with van der Waals surface area (Å²) in [6.07, 6.45) is 1.39. The van der Waals surface area contributed by atoms with Gasteiger partial charge in [-0.2, -0.15) is 0 Å². The lowest BCUT2D eigenvalue weighted by Gasteiger charge is -2.37. The second-order valence-electron chi connectivity index (χ2n) is 10.2. The minimum atomic E-state index is -0.959. The molecule has 2 heterocycles. The molecule has 0 fully saturated rings. The van der Waals surface area contributed by atoms with E-state index >= 15 is 0 Å². The van der Waals surface area contributed by atoms with Crippen molar-refractivity contribution in [2.75, 3.05) is 26.7 Å². The molecule has 1 aromatic heterocycles. The fraction of sp³-hybridized carbons (Fsp3) is 0.367. The van der Waals surface area contributed by atoms with Crippen LogP contribution in [0.3, 0.4) is 0 Å². The Bertz CT molecular complexity index is 1290. The van der Waals surface area contributed by atoms with Crippen molar-refractivity contribution in [2.24, 2.45) is 5.92 Å². The number of carbonyl (C=O) groups excluding carboxylic acids is 1. The largest absolute Gasteiger partial charge is 0.478 e. The number of fused-ring (bicyclic) bond motifs is 1. The van der Waals surface area contributed by atoms with Crippen molar-refractivity contribution in [3.63, 3.8) is 0 Å². The van der Waals surface area contributed by atoms with Gasteiger partial charge in [0.2, 0.25) is 5.88 Å². The van der Waals surface area contributed by atoms with E-state index in [1.807, 2.05) is 75.2 Å². The highest BCUT2D eigenvalue weighted by Crippen LogP contribution is 2.30. The molecule has 0 saturated carbocycles. The fourth-order valence-electron chi connectivity index (χ4n) is 4.75. The number of aliphatic hydroxyl groups is 1. The van der Waals surface area contributed by atoms with Crippen LogP contribution in [0.4, 0.5) is 0 Å². The number of aryl methyl sites for hydroxylation is 1. The highest BCUT2D eigenvalue weighted by molar-refractivity contribution is 5.98. The zero-order chi connectivity index (χ0) is 27.4. The lowest BCUT2D eigenvalue weighted by molar-refractivity contribution is 0.0325. The van der Waals surface area contributed by atoms with Gasteiger partial charge < -0.3 is 19.8 Å². The van der Waals surface area contributed by atoms with Gasteiger partial charge in [-0.1, -0.05) is 55.0 Å². The van der Waals surface area contributed by atoms with E-state index in [2.05, 4.69) is 4.98 Å². The second-order valence-corrected chi connectivity index (χ2v) is 10.2. The summed E-state index contributed by atoms with van der Waals surface area (Å²) in [5.74, 6) is -0.995. The molecule has 0 aliphatic carbocycles. The number of hydrogen-bond acceptors (Lipinski definition) is 6. The van der Waals surface area contributed by atoms with E-state index in [0.29, 0.717) is 30.8 Å². The molecule has 0 radical (unpaired) electrons. The van der Waals surface area contributed by atoms with Gasteiger partial charge in [0.1, 0.15) is 11.7 Å². The van der Waals surface area contributed by atoms with Crippen molar-refractivity contribution in [3.8, 4) is 17.0 Å². The summed E-state index contributed by atoms with van der Waals surface area (Å²) in [6.45, 7) is 7.03. The Balaban J connectivity index is 1.65. The first-order chi connectivity index (χ1) is 18.2. The maximum absolute atomic E-state index is 13.7. The third-order valence-electron chi connectivity index (χ3n) is 7.09. The van der Waals surface area contributed by atoms with Crippen molar-refractivity contribution in [3.05, 3.63) is 83.0 Å². The molecule has 1 aliphatic heterocycles. The molecule has 2 aromatic carbocycles. The number of amides is 1. The third-order valence-corrected chi connectivity index (χ3v) is 7.09. The van der Waals surface area contributed by atoms with E-state index < -0.39 is 5.97 Å². The topological polar surface area (TPSA) is 103 Å². The molecule has 200 valence electrons. The molecule has 1 amide bonds. The van der Waals surface area contributed by atoms with Crippen LogP contribution in [0.1, 0.15) is 45.7 Å². The van der Waals surface area contributed by atoms with Crippen LogP contribution in [-0.2, 0) is 6.54 Å². The van der Waals surface area contributed by atoms with Gasteiger partial charge in [0.25, 0.3) is 5.91 Å². The number of aliphatic hydroxyl groups excluding tert-OH is 1. The van der Waals surface area contributed by atoms with Crippen LogP contribution >= 0.6 is 0 Å². The first kappa shape index (κ1) is 27.3. The average Bonchev–Trinajstić information content (AvgIpc) is 2.90. The number of aromatic carboxylic acids is 1. The molecule has 1 aliphatic rings. The number of likely N-dealkylation sites (N-methyl/N-ethyl adjacent to an activating group) is 1. The number of carbonyl (C=O) groups is 2. The number of ether oxygens (including phenoxy) is 1. The molecule has 0 unspecified atom stereocenters. The lowest BCUT2D eigenvalue weighted by Crippen LogP contribution is -2.49. The van der Waals surface area contributed by atoms with Crippen molar-refractivity contribution in [2.45, 2.75) is 39.5 Å². The van der Waals surface area contributed by atoms with Gasteiger partial charge >= 0.3 is 5.97 Å². The van der Waals surface area contributed by atoms with Gasteiger partial charge in [-0.15, -0.1) is 0 Å². The molecule has 8 heteroatoms. The van der Waals surface area contributed by atoms with Gasteiger partial charge in [0, 0.05) is 37.3 Å². The van der Waals surface area contributed by atoms with Gasteiger partial charge in [0.05, 0.1) is 18.2 Å². The van der Waals surface area contributed by atoms with Gasteiger partial charge in [-0.3, -0.25) is 9.69 Å². The van der Waals surface area contributed by atoms with E-state index in [1.165, 1.54) is 0 Å². The summed E-state index contributed by atoms with van der Waals surface area (Å²) >= 11 is 0. The monoisotopic (exact) mass is 517 g/mol. The number of hydrogen-bond donors (Lipinski definition) is 2. The first-order valence-electron chi connectivity index (χ1n) is 12.8. The van der Waals surface area contributed by atoms with Crippen LogP contribution in [-0.4, -0.2) is 75.8 Å². The standard InChI is InChI=1S/C30H35N3O5/c1-19-9-11-22(12-10-19)24-13-26-28(31-14-24)38-27(20(2)15-33(29(26)35)21(3)18-34)17-32(4)16-23-7-5-6-8-25(23)30(36)37/h5-14,20-21,27,34H,15-18H2,1-4H3,(H,36,37)/t20-,21-,27+/m1/s1. The van der Waals surface area contributed by atoms with Crippen LogP contribution in [0, 0.1) is 12.8 Å². The zero-order valence-electron chi connectivity index (χ0n) is 22.3. The number of nitrogens with zero attached hydrogens (tertiary/aromatic N) is 3. The smallest absolute Gasteiger partial charge is 0.336 e. The number of benzene rings is 2. The summed E-state index contributed by atoms with van der Waals surface area (Å²) in [7, 11) is 1.92. The molecular formula is C30H35N3O5. The number of carboxylic acids is 1. The van der Waals surface area contributed by atoms with Crippen molar-refractivity contribution < 1.29 is 24.5 Å². The molecule has 0 spiro atoms. The molecule has 0 saturated heterocycles. The molecular weight excluding hydrogens is 482 g/mol. The fourth-order valence-corrected chi connectivity index (χ4v) is 4.75. The third kappa shape index (κ3) is 6.03. The number of aromatic nitrogens is 1. The highest BCUT2D eigenvalue weighted by atomic mass is 16.5. The van der Waals surface area contributed by atoms with Gasteiger partial charge in [-0.25, -0.2) is 9.78 Å². The quantitative estimate of drug-likeness (QED) is 0.464. The summed E-state index contributed by atoms with van der Waals surface area (Å²) in [4.78, 5) is 33.6. The summed E-state index contributed by atoms with van der Waals surface area (Å²) in [5, 5.41) is 19.5. The Morgan fingerprint density at radius 3 is 2.58 bits per heavy atom. The highest BCUT2D eigenvalue weighted by Gasteiger charge is 2.34. The summed E-state index contributed by atoms with van der Waals surface area (Å²) < 4.78 is 6.40. The minimum absolute atomic E-state index is 0.0724. The average molecular weight is 518 g/mol. The van der Waals surface area contributed by atoms with Crippen molar-refractivity contribution >= 4 is 11.9 Å². The maximum atomic E-state index is 13.7.